The quantitative estimate of drug-likeness (QED) is 0.298. The molecule has 3 heterocycles. The number of imidazole rings is 1. The topological polar surface area (TPSA) is 116 Å². The van der Waals surface area contributed by atoms with Crippen molar-refractivity contribution in [2.24, 2.45) is 5.14 Å². The first-order valence-electron chi connectivity index (χ1n) is 10.4. The monoisotopic (exact) mass is 553 g/mol. The zero-order valence-corrected chi connectivity index (χ0v) is 19.4. The largest absolute Gasteiger partial charge is 0.420 e. The maximum Gasteiger partial charge on any atom is 0.420 e. The van der Waals surface area contributed by atoms with Crippen molar-refractivity contribution in [3.05, 3.63) is 78.1 Å². The summed E-state index contributed by atoms with van der Waals surface area (Å²) in [6.07, 6.45) is -7.09. The van der Waals surface area contributed by atoms with Crippen molar-refractivity contribution < 1.29 is 39.3 Å². The fraction of sp³-hybridized carbons (Fsp3) is 0.0870. The summed E-state index contributed by atoms with van der Waals surface area (Å²) >= 11 is 0. The van der Waals surface area contributed by atoms with E-state index in [1.807, 2.05) is 0 Å². The van der Waals surface area contributed by atoms with Gasteiger partial charge < -0.3 is 4.52 Å². The molecule has 0 bridgehead atoms. The van der Waals surface area contributed by atoms with Crippen molar-refractivity contribution in [1.82, 2.24) is 19.5 Å². The molecule has 5 aromatic rings. The maximum atomic E-state index is 13.9. The molecule has 0 aliphatic rings. The Morgan fingerprint density at radius 1 is 0.842 bits per heavy atom. The standard InChI is InChI=1S/C23H13F6N5O3S/c24-22(25,26)15-5-1-12(2-6-15)14-9-17(23(27,28)29)20-31-10-18(34(20)11-14)21-32-19(33-37-21)13-3-7-16(8-4-13)38(30,35)36/h1-11H,(H2,30,35,36). The fourth-order valence-electron chi connectivity index (χ4n) is 3.70. The number of rotatable bonds is 4. The Kier molecular flexibility index (Phi) is 5.79. The number of aromatic nitrogens is 4. The summed E-state index contributed by atoms with van der Waals surface area (Å²) < 4.78 is 110. The van der Waals surface area contributed by atoms with E-state index in [0.717, 1.165) is 40.9 Å². The third-order valence-electron chi connectivity index (χ3n) is 5.54. The molecule has 0 spiro atoms. The number of hydrogen-bond acceptors (Lipinski definition) is 6. The van der Waals surface area contributed by atoms with Gasteiger partial charge in [0.1, 0.15) is 11.3 Å². The molecule has 0 saturated carbocycles. The summed E-state index contributed by atoms with van der Waals surface area (Å²) in [5.41, 5.74) is -2.17. The second kappa shape index (κ2) is 8.66. The number of hydrogen-bond donors (Lipinski definition) is 1. The van der Waals surface area contributed by atoms with Crippen LogP contribution in [-0.2, 0) is 22.4 Å². The lowest BCUT2D eigenvalue weighted by Gasteiger charge is -2.13. The molecular weight excluding hydrogens is 540 g/mol. The van der Waals surface area contributed by atoms with E-state index in [4.69, 9.17) is 9.66 Å². The molecule has 5 rings (SSSR count). The molecule has 0 atom stereocenters. The molecule has 3 aromatic heterocycles. The van der Waals surface area contributed by atoms with Crippen molar-refractivity contribution >= 4 is 15.7 Å². The number of benzene rings is 2. The maximum absolute atomic E-state index is 13.9. The zero-order chi connectivity index (χ0) is 27.5. The van der Waals surface area contributed by atoms with Crippen molar-refractivity contribution in [2.45, 2.75) is 17.2 Å². The van der Waals surface area contributed by atoms with Gasteiger partial charge in [-0.1, -0.05) is 17.3 Å². The third-order valence-corrected chi connectivity index (χ3v) is 6.47. The van der Waals surface area contributed by atoms with Crippen molar-refractivity contribution in [3.63, 3.8) is 0 Å². The van der Waals surface area contributed by atoms with Crippen LogP contribution < -0.4 is 5.14 Å². The molecule has 2 N–H and O–H groups in total. The van der Waals surface area contributed by atoms with Crippen LogP contribution >= 0.6 is 0 Å². The summed E-state index contributed by atoms with van der Waals surface area (Å²) in [7, 11) is -3.93. The molecule has 2 aromatic carbocycles. The fourth-order valence-corrected chi connectivity index (χ4v) is 4.22. The lowest BCUT2D eigenvalue weighted by molar-refractivity contribution is -0.138. The Hall–Kier alpha value is -4.24. The molecular formula is C23H13F6N5O3S. The average Bonchev–Trinajstić information content (AvgIpc) is 3.49. The van der Waals surface area contributed by atoms with Crippen LogP contribution in [0.2, 0.25) is 0 Å². The highest BCUT2D eigenvalue weighted by Crippen LogP contribution is 2.38. The molecule has 38 heavy (non-hydrogen) atoms. The number of nitrogens with two attached hydrogens (primary N) is 1. The van der Waals surface area contributed by atoms with Gasteiger partial charge in [-0.3, -0.25) is 4.40 Å². The van der Waals surface area contributed by atoms with E-state index in [-0.39, 0.29) is 33.4 Å². The van der Waals surface area contributed by atoms with Gasteiger partial charge >= 0.3 is 12.4 Å². The smallest absolute Gasteiger partial charge is 0.332 e. The molecule has 8 nitrogen and oxygen atoms in total. The van der Waals surface area contributed by atoms with Crippen LogP contribution in [0.15, 0.2) is 76.4 Å². The van der Waals surface area contributed by atoms with E-state index < -0.39 is 39.1 Å². The van der Waals surface area contributed by atoms with E-state index in [1.165, 1.54) is 30.5 Å². The Bertz CT molecular complexity index is 1760. The van der Waals surface area contributed by atoms with Gasteiger partial charge in [-0.2, -0.15) is 31.3 Å². The Morgan fingerprint density at radius 3 is 2.05 bits per heavy atom. The third kappa shape index (κ3) is 4.72. The van der Waals surface area contributed by atoms with Gasteiger partial charge in [-0.15, -0.1) is 0 Å². The first kappa shape index (κ1) is 25.4. The zero-order valence-electron chi connectivity index (χ0n) is 18.6. The minimum absolute atomic E-state index is 0.00542. The molecule has 0 aliphatic heterocycles. The van der Waals surface area contributed by atoms with Crippen LogP contribution in [-0.4, -0.2) is 27.9 Å². The lowest BCUT2D eigenvalue weighted by atomic mass is 10.0. The number of pyridine rings is 1. The predicted molar refractivity (Wildman–Crippen MR) is 121 cm³/mol. The molecule has 0 unspecified atom stereocenters. The van der Waals surface area contributed by atoms with E-state index in [9.17, 15) is 34.8 Å². The first-order valence-corrected chi connectivity index (χ1v) is 12.0. The molecule has 0 fully saturated rings. The molecule has 15 heteroatoms. The summed E-state index contributed by atoms with van der Waals surface area (Å²) in [6, 6.07) is 9.65. The predicted octanol–water partition coefficient (Wildman–Crippen LogP) is 5.40. The molecule has 196 valence electrons. The Labute approximate surface area is 209 Å². The number of halogens is 6. The Balaban J connectivity index is 1.60. The minimum atomic E-state index is -4.84. The molecule has 0 amide bonds. The minimum Gasteiger partial charge on any atom is -0.332 e. The van der Waals surface area contributed by atoms with E-state index in [0.29, 0.717) is 5.56 Å². The van der Waals surface area contributed by atoms with E-state index >= 15 is 0 Å². The van der Waals surface area contributed by atoms with Gasteiger partial charge in [0, 0.05) is 11.8 Å². The van der Waals surface area contributed by atoms with Crippen LogP contribution in [0.25, 0.3) is 39.7 Å². The number of primary sulfonamides is 1. The van der Waals surface area contributed by atoms with Gasteiger partial charge in [-0.05, 0) is 53.6 Å². The van der Waals surface area contributed by atoms with Crippen molar-refractivity contribution in [3.8, 4) is 34.1 Å². The number of alkyl halides is 6. The van der Waals surface area contributed by atoms with Crippen LogP contribution in [0.1, 0.15) is 11.1 Å². The summed E-state index contributed by atoms with van der Waals surface area (Å²) in [4.78, 5) is 7.87. The summed E-state index contributed by atoms with van der Waals surface area (Å²) in [6.45, 7) is 0. The van der Waals surface area contributed by atoms with E-state index in [1.54, 1.807) is 0 Å². The van der Waals surface area contributed by atoms with Gasteiger partial charge in [0.2, 0.25) is 15.8 Å². The van der Waals surface area contributed by atoms with Crippen LogP contribution in [0.5, 0.6) is 0 Å². The van der Waals surface area contributed by atoms with Crippen LogP contribution in [0.4, 0.5) is 26.3 Å². The first-order chi connectivity index (χ1) is 17.7. The summed E-state index contributed by atoms with van der Waals surface area (Å²) in [5, 5.41) is 8.86. The molecule has 0 aliphatic carbocycles. The van der Waals surface area contributed by atoms with Crippen LogP contribution in [0, 0.1) is 0 Å². The molecule has 0 radical (unpaired) electrons. The highest BCUT2D eigenvalue weighted by atomic mass is 32.2. The normalized spacial score (nSPS) is 12.8. The SMILES string of the molecule is NS(=O)(=O)c1ccc(-c2noc(-c3cnc4c(C(F)(F)F)cc(-c5ccc(C(F)(F)F)cc5)cn34)n2)cc1. The second-order valence-corrected chi connectivity index (χ2v) is 9.61. The second-order valence-electron chi connectivity index (χ2n) is 8.04. The van der Waals surface area contributed by atoms with Gasteiger partial charge in [0.25, 0.3) is 5.89 Å². The highest BCUT2D eigenvalue weighted by Gasteiger charge is 2.35. The Morgan fingerprint density at radius 2 is 1.47 bits per heavy atom. The summed E-state index contributed by atoms with van der Waals surface area (Å²) in [5.74, 6) is -0.202. The van der Waals surface area contributed by atoms with Gasteiger partial charge in [-0.25, -0.2) is 18.5 Å². The average molecular weight is 553 g/mol. The van der Waals surface area contributed by atoms with Gasteiger partial charge in [0.15, 0.2) is 0 Å². The molecule has 0 saturated heterocycles. The van der Waals surface area contributed by atoms with E-state index in [2.05, 4.69) is 15.1 Å². The van der Waals surface area contributed by atoms with Gasteiger partial charge in [0.05, 0.1) is 22.2 Å². The lowest BCUT2D eigenvalue weighted by Crippen LogP contribution is -2.11. The highest BCUT2D eigenvalue weighted by molar-refractivity contribution is 7.89. The number of sulfonamides is 1. The number of nitrogens with zero attached hydrogens (tertiary/aromatic N) is 4. The van der Waals surface area contributed by atoms with Crippen molar-refractivity contribution in [1.29, 1.82) is 0 Å². The van der Waals surface area contributed by atoms with Crippen LogP contribution in [0.3, 0.4) is 0 Å². The number of fused-ring (bicyclic) bond motifs is 1. The van der Waals surface area contributed by atoms with Crippen molar-refractivity contribution in [2.75, 3.05) is 0 Å².